The average Bonchev–Trinajstić information content (AvgIpc) is 3.03. The van der Waals surface area contributed by atoms with E-state index in [4.69, 9.17) is 0 Å². The molecule has 0 aliphatic heterocycles. The van der Waals surface area contributed by atoms with Gasteiger partial charge in [-0.3, -0.25) is 13.9 Å². The maximum Gasteiger partial charge on any atom is 0.264 e. The van der Waals surface area contributed by atoms with E-state index in [0.29, 0.717) is 11.3 Å². The van der Waals surface area contributed by atoms with Crippen LogP contribution in [0.4, 0.5) is 5.69 Å². The zero-order valence-electron chi connectivity index (χ0n) is 25.8. The summed E-state index contributed by atoms with van der Waals surface area (Å²) in [4.78, 5) is 30.0. The van der Waals surface area contributed by atoms with Crippen molar-refractivity contribution in [1.29, 1.82) is 0 Å². The quantitative estimate of drug-likeness (QED) is 0.199. The second-order valence-corrected chi connectivity index (χ2v) is 13.0. The molecule has 4 rings (SSSR count). The van der Waals surface area contributed by atoms with Crippen molar-refractivity contribution in [3.05, 3.63) is 131 Å². The molecule has 0 radical (unpaired) electrons. The third-order valence-corrected chi connectivity index (χ3v) is 9.49. The molecule has 0 heterocycles. The fourth-order valence-electron chi connectivity index (χ4n) is 5.00. The summed E-state index contributed by atoms with van der Waals surface area (Å²) in [7, 11) is -4.14. The lowest BCUT2D eigenvalue weighted by molar-refractivity contribution is -0.140. The fraction of sp³-hybridized carbons (Fsp3) is 0.278. The minimum atomic E-state index is -4.14. The molecule has 44 heavy (non-hydrogen) atoms. The number of sulfonamides is 1. The first-order valence-corrected chi connectivity index (χ1v) is 16.4. The zero-order chi connectivity index (χ0) is 31.7. The number of carbonyl (C=O) groups is 2. The number of benzene rings is 4. The van der Waals surface area contributed by atoms with Gasteiger partial charge < -0.3 is 10.2 Å². The highest BCUT2D eigenvalue weighted by Crippen LogP contribution is 2.29. The van der Waals surface area contributed by atoms with E-state index in [-0.39, 0.29) is 29.8 Å². The van der Waals surface area contributed by atoms with Gasteiger partial charge in [-0.15, -0.1) is 0 Å². The second kappa shape index (κ2) is 14.8. The highest BCUT2D eigenvalue weighted by molar-refractivity contribution is 7.92. The van der Waals surface area contributed by atoms with Crippen LogP contribution in [0.2, 0.25) is 0 Å². The van der Waals surface area contributed by atoms with Crippen LogP contribution in [0.25, 0.3) is 0 Å². The van der Waals surface area contributed by atoms with Crippen molar-refractivity contribution in [3.63, 3.8) is 0 Å². The van der Waals surface area contributed by atoms with E-state index >= 15 is 0 Å². The summed E-state index contributed by atoms with van der Waals surface area (Å²) in [5.74, 6) is -0.758. The smallest absolute Gasteiger partial charge is 0.264 e. The Kier molecular flexibility index (Phi) is 11.0. The third kappa shape index (κ3) is 8.14. The molecule has 2 amide bonds. The number of nitrogens with one attached hydrogen (secondary N) is 1. The molecule has 7 nitrogen and oxygen atoms in total. The van der Waals surface area contributed by atoms with E-state index in [1.54, 1.807) is 24.3 Å². The minimum absolute atomic E-state index is 0.0821. The largest absolute Gasteiger partial charge is 0.352 e. The first-order valence-electron chi connectivity index (χ1n) is 14.9. The summed E-state index contributed by atoms with van der Waals surface area (Å²) in [6.45, 7) is 7.28. The SMILES string of the molecule is CC[C@H](C)NC(=O)[C@H](Cc1ccccc1)N(Cc1ccccc1)C(=O)CN(c1cc(C)ccc1C)S(=O)(=O)c1ccccc1. The summed E-state index contributed by atoms with van der Waals surface area (Å²) < 4.78 is 29.5. The van der Waals surface area contributed by atoms with Crippen molar-refractivity contribution in [2.45, 2.75) is 64.1 Å². The Morgan fingerprint density at radius 2 is 1.36 bits per heavy atom. The minimum Gasteiger partial charge on any atom is -0.352 e. The molecule has 8 heteroatoms. The van der Waals surface area contributed by atoms with Crippen LogP contribution >= 0.6 is 0 Å². The lowest BCUT2D eigenvalue weighted by Gasteiger charge is -2.34. The predicted molar refractivity (Wildman–Crippen MR) is 176 cm³/mol. The Hall–Kier alpha value is -4.43. The Morgan fingerprint density at radius 1 is 0.795 bits per heavy atom. The highest BCUT2D eigenvalue weighted by atomic mass is 32.2. The maximum atomic E-state index is 14.5. The highest BCUT2D eigenvalue weighted by Gasteiger charge is 2.35. The monoisotopic (exact) mass is 611 g/mol. The van der Waals surface area contributed by atoms with Crippen LogP contribution in [0.15, 0.2) is 114 Å². The standard InChI is InChI=1S/C36H41N3O4S/c1-5-29(4)37-36(41)34(24-30-15-9-6-10-16-30)38(25-31-17-11-7-12-18-31)35(40)26-39(33-23-27(2)21-22-28(33)3)44(42,43)32-19-13-8-14-20-32/h6-23,29,34H,5,24-26H2,1-4H3,(H,37,41)/t29-,34-/m0/s1. The number of amides is 2. The van der Waals surface area contributed by atoms with Crippen LogP contribution in [-0.2, 0) is 32.6 Å². The molecule has 0 unspecified atom stereocenters. The number of aryl methyl sites for hydroxylation is 2. The van der Waals surface area contributed by atoms with E-state index in [0.717, 1.165) is 23.1 Å². The summed E-state index contributed by atoms with van der Waals surface area (Å²) in [6, 6.07) is 31.7. The molecule has 2 atom stereocenters. The molecule has 0 aromatic heterocycles. The van der Waals surface area contributed by atoms with Gasteiger partial charge in [-0.05, 0) is 67.6 Å². The van der Waals surface area contributed by atoms with Crippen molar-refractivity contribution in [1.82, 2.24) is 10.2 Å². The zero-order valence-corrected chi connectivity index (χ0v) is 26.6. The Bertz CT molecular complexity index is 1650. The van der Waals surface area contributed by atoms with Crippen LogP contribution in [0.3, 0.4) is 0 Å². The number of hydrogen-bond donors (Lipinski definition) is 1. The molecule has 4 aromatic carbocycles. The average molecular weight is 612 g/mol. The molecular formula is C36H41N3O4S. The predicted octanol–water partition coefficient (Wildman–Crippen LogP) is 6.05. The van der Waals surface area contributed by atoms with Crippen molar-refractivity contribution >= 4 is 27.5 Å². The van der Waals surface area contributed by atoms with Gasteiger partial charge in [0.2, 0.25) is 11.8 Å². The molecule has 0 aliphatic rings. The molecule has 0 aliphatic carbocycles. The van der Waals surface area contributed by atoms with Gasteiger partial charge in [0.05, 0.1) is 10.6 Å². The van der Waals surface area contributed by atoms with Crippen molar-refractivity contribution in [2.24, 2.45) is 0 Å². The van der Waals surface area contributed by atoms with E-state index in [1.165, 1.54) is 21.3 Å². The molecule has 0 bridgehead atoms. The van der Waals surface area contributed by atoms with Crippen LogP contribution < -0.4 is 9.62 Å². The van der Waals surface area contributed by atoms with Gasteiger partial charge in [-0.1, -0.05) is 97.9 Å². The van der Waals surface area contributed by atoms with Gasteiger partial charge in [0.25, 0.3) is 10.0 Å². The van der Waals surface area contributed by atoms with Gasteiger partial charge in [0.1, 0.15) is 12.6 Å². The van der Waals surface area contributed by atoms with Crippen LogP contribution in [0.1, 0.15) is 42.5 Å². The first-order chi connectivity index (χ1) is 21.1. The van der Waals surface area contributed by atoms with Gasteiger partial charge in [0.15, 0.2) is 0 Å². The van der Waals surface area contributed by atoms with E-state index < -0.39 is 28.5 Å². The van der Waals surface area contributed by atoms with E-state index in [1.807, 2.05) is 100 Å². The fourth-order valence-corrected chi connectivity index (χ4v) is 6.49. The summed E-state index contributed by atoms with van der Waals surface area (Å²) in [6.07, 6.45) is 1.00. The topological polar surface area (TPSA) is 86.8 Å². The maximum absolute atomic E-state index is 14.5. The molecule has 0 fully saturated rings. The summed E-state index contributed by atoms with van der Waals surface area (Å²) in [5, 5.41) is 3.06. The Balaban J connectivity index is 1.82. The third-order valence-electron chi connectivity index (χ3n) is 7.71. The molecule has 0 saturated carbocycles. The van der Waals surface area contributed by atoms with E-state index in [9.17, 15) is 18.0 Å². The normalized spacial score (nSPS) is 12.6. The molecule has 1 N–H and O–H groups in total. The molecule has 0 spiro atoms. The van der Waals surface area contributed by atoms with Gasteiger partial charge >= 0.3 is 0 Å². The molecular weight excluding hydrogens is 570 g/mol. The van der Waals surface area contributed by atoms with Gasteiger partial charge in [-0.2, -0.15) is 0 Å². The molecule has 230 valence electrons. The number of nitrogens with zero attached hydrogens (tertiary/aromatic N) is 2. The van der Waals surface area contributed by atoms with Crippen molar-refractivity contribution in [2.75, 3.05) is 10.8 Å². The van der Waals surface area contributed by atoms with Crippen molar-refractivity contribution in [3.8, 4) is 0 Å². The Morgan fingerprint density at radius 3 is 1.95 bits per heavy atom. The number of anilines is 1. The number of rotatable bonds is 13. The van der Waals surface area contributed by atoms with Crippen LogP contribution in [-0.4, -0.2) is 43.8 Å². The second-order valence-electron chi connectivity index (χ2n) is 11.1. The van der Waals surface area contributed by atoms with Crippen LogP contribution in [0, 0.1) is 13.8 Å². The van der Waals surface area contributed by atoms with E-state index in [2.05, 4.69) is 5.32 Å². The Labute approximate surface area is 261 Å². The van der Waals surface area contributed by atoms with Gasteiger partial charge in [0, 0.05) is 19.0 Å². The number of hydrogen-bond acceptors (Lipinski definition) is 4. The summed E-state index contributed by atoms with van der Waals surface area (Å²) in [5.41, 5.74) is 3.73. The number of carbonyl (C=O) groups excluding carboxylic acids is 2. The van der Waals surface area contributed by atoms with Crippen LogP contribution in [0.5, 0.6) is 0 Å². The first kappa shape index (κ1) is 32.5. The molecule has 4 aromatic rings. The molecule has 0 saturated heterocycles. The van der Waals surface area contributed by atoms with Crippen molar-refractivity contribution < 1.29 is 18.0 Å². The lowest BCUT2D eigenvalue weighted by atomic mass is 10.0. The van der Waals surface area contributed by atoms with Gasteiger partial charge in [-0.25, -0.2) is 8.42 Å². The lowest BCUT2D eigenvalue weighted by Crippen LogP contribution is -2.54. The summed E-state index contributed by atoms with van der Waals surface area (Å²) >= 11 is 0.